The number of carbonyl (C=O) groups is 3. The lowest BCUT2D eigenvalue weighted by Gasteiger charge is -2.09. The normalized spacial score (nSPS) is 10.7. The molecule has 0 radical (unpaired) electrons. The lowest BCUT2D eigenvalue weighted by atomic mass is 10.1. The number of nitrogens with zero attached hydrogens (tertiary/aromatic N) is 2. The van der Waals surface area contributed by atoms with Gasteiger partial charge in [-0.3, -0.25) is 19.1 Å². The number of esters is 1. The van der Waals surface area contributed by atoms with Crippen molar-refractivity contribution in [3.63, 3.8) is 0 Å². The maximum absolute atomic E-state index is 12.2. The Morgan fingerprint density at radius 3 is 2.38 bits per heavy atom. The monoisotopic (exact) mass is 400 g/mol. The molecule has 2 amide bonds. The second-order valence-electron chi connectivity index (χ2n) is 7.27. The summed E-state index contributed by atoms with van der Waals surface area (Å²) in [6.07, 6.45) is 0.0733. The quantitative estimate of drug-likeness (QED) is 0.662. The van der Waals surface area contributed by atoms with Gasteiger partial charge >= 0.3 is 5.97 Å². The van der Waals surface area contributed by atoms with Gasteiger partial charge in [-0.2, -0.15) is 5.10 Å². The van der Waals surface area contributed by atoms with Crippen LogP contribution in [0.1, 0.15) is 41.2 Å². The first-order chi connectivity index (χ1) is 13.7. The van der Waals surface area contributed by atoms with Crippen LogP contribution in [-0.4, -0.2) is 41.2 Å². The largest absolute Gasteiger partial charge is 0.455 e. The number of nitrogens with one attached hydrogen (secondary N) is 2. The molecule has 2 aromatic rings. The minimum Gasteiger partial charge on any atom is -0.455 e. The van der Waals surface area contributed by atoms with Crippen LogP contribution in [-0.2, 0) is 27.3 Å². The molecule has 0 saturated carbocycles. The third-order valence-electron chi connectivity index (χ3n) is 4.41. The van der Waals surface area contributed by atoms with E-state index in [0.29, 0.717) is 17.2 Å². The lowest BCUT2D eigenvalue weighted by molar-refractivity contribution is -0.146. The Kier molecular flexibility index (Phi) is 7.52. The summed E-state index contributed by atoms with van der Waals surface area (Å²) in [6, 6.07) is 6.42. The smallest absolute Gasteiger partial charge is 0.310 e. The maximum Gasteiger partial charge on any atom is 0.310 e. The molecule has 8 nitrogen and oxygen atoms in total. The Bertz CT molecular complexity index is 885. The SMILES string of the molecule is CNC(=O)c1ccc(NC(=O)COC(=O)Cc2c(C)nn(CC(C)C)c2C)cc1. The summed E-state index contributed by atoms with van der Waals surface area (Å²) in [5.41, 5.74) is 3.57. The van der Waals surface area contributed by atoms with Gasteiger partial charge in [-0.25, -0.2) is 0 Å². The number of hydrogen-bond acceptors (Lipinski definition) is 5. The van der Waals surface area contributed by atoms with Gasteiger partial charge in [-0.05, 0) is 44.0 Å². The summed E-state index contributed by atoms with van der Waals surface area (Å²) >= 11 is 0. The number of hydrogen-bond donors (Lipinski definition) is 2. The number of aryl methyl sites for hydroxylation is 1. The zero-order valence-corrected chi connectivity index (χ0v) is 17.5. The average molecular weight is 400 g/mol. The van der Waals surface area contributed by atoms with E-state index in [2.05, 4.69) is 29.6 Å². The molecule has 0 atom stereocenters. The summed E-state index contributed by atoms with van der Waals surface area (Å²) < 4.78 is 7.01. The standard InChI is InChI=1S/C21H28N4O4/c1-13(2)11-25-15(4)18(14(3)24-25)10-20(27)29-12-19(26)23-17-8-6-16(7-9-17)21(28)22-5/h6-9,13H,10-12H2,1-5H3,(H,22,28)(H,23,26). The molecule has 29 heavy (non-hydrogen) atoms. The van der Waals surface area contributed by atoms with Crippen molar-refractivity contribution in [2.45, 2.75) is 40.7 Å². The van der Waals surface area contributed by atoms with E-state index in [9.17, 15) is 14.4 Å². The minimum absolute atomic E-state index is 0.0733. The molecule has 2 rings (SSSR count). The fourth-order valence-electron chi connectivity index (χ4n) is 2.90. The van der Waals surface area contributed by atoms with Gasteiger partial charge < -0.3 is 15.4 Å². The van der Waals surface area contributed by atoms with E-state index in [-0.39, 0.29) is 18.9 Å². The van der Waals surface area contributed by atoms with E-state index in [1.54, 1.807) is 31.3 Å². The van der Waals surface area contributed by atoms with E-state index >= 15 is 0 Å². The topological polar surface area (TPSA) is 102 Å². The van der Waals surface area contributed by atoms with Crippen molar-refractivity contribution < 1.29 is 19.1 Å². The van der Waals surface area contributed by atoms with Crippen molar-refractivity contribution in [1.82, 2.24) is 15.1 Å². The van der Waals surface area contributed by atoms with Crippen molar-refractivity contribution >= 4 is 23.5 Å². The molecule has 8 heteroatoms. The van der Waals surface area contributed by atoms with Gasteiger partial charge in [0.1, 0.15) is 0 Å². The van der Waals surface area contributed by atoms with Crippen LogP contribution in [0.3, 0.4) is 0 Å². The molecule has 0 unspecified atom stereocenters. The first-order valence-corrected chi connectivity index (χ1v) is 9.51. The molecule has 1 aromatic carbocycles. The average Bonchev–Trinajstić information content (AvgIpc) is 2.93. The van der Waals surface area contributed by atoms with Crippen molar-refractivity contribution in [2.24, 2.45) is 5.92 Å². The second-order valence-corrected chi connectivity index (χ2v) is 7.27. The van der Waals surface area contributed by atoms with E-state index in [1.807, 2.05) is 18.5 Å². The summed E-state index contributed by atoms with van der Waals surface area (Å²) in [4.78, 5) is 35.7. The number of rotatable bonds is 8. The number of anilines is 1. The van der Waals surface area contributed by atoms with Crippen molar-refractivity contribution in [1.29, 1.82) is 0 Å². The van der Waals surface area contributed by atoms with Crippen LogP contribution in [0.4, 0.5) is 5.69 Å². The minimum atomic E-state index is -0.481. The lowest BCUT2D eigenvalue weighted by Crippen LogP contribution is -2.22. The molecule has 1 aromatic heterocycles. The summed E-state index contributed by atoms with van der Waals surface area (Å²) in [6.45, 7) is 8.41. The van der Waals surface area contributed by atoms with Crippen LogP contribution in [0.2, 0.25) is 0 Å². The van der Waals surface area contributed by atoms with Crippen molar-refractivity contribution in [3.8, 4) is 0 Å². The fourth-order valence-corrected chi connectivity index (χ4v) is 2.90. The molecule has 156 valence electrons. The third kappa shape index (κ3) is 6.17. The predicted octanol–water partition coefficient (Wildman–Crippen LogP) is 2.24. The summed E-state index contributed by atoms with van der Waals surface area (Å²) in [5.74, 6) is -0.693. The van der Waals surface area contributed by atoms with Gasteiger partial charge in [0.05, 0.1) is 12.1 Å². The molecule has 0 saturated heterocycles. The van der Waals surface area contributed by atoms with Crippen LogP contribution >= 0.6 is 0 Å². The fraction of sp³-hybridized carbons (Fsp3) is 0.429. The van der Waals surface area contributed by atoms with Crippen LogP contribution in [0, 0.1) is 19.8 Å². The number of benzene rings is 1. The van der Waals surface area contributed by atoms with Crippen LogP contribution in [0.25, 0.3) is 0 Å². The van der Waals surface area contributed by atoms with Gasteiger partial charge in [0.2, 0.25) is 0 Å². The zero-order valence-electron chi connectivity index (χ0n) is 17.5. The van der Waals surface area contributed by atoms with E-state index in [4.69, 9.17) is 4.74 Å². The highest BCUT2D eigenvalue weighted by molar-refractivity contribution is 5.96. The van der Waals surface area contributed by atoms with E-state index in [0.717, 1.165) is 23.5 Å². The Morgan fingerprint density at radius 1 is 1.14 bits per heavy atom. The van der Waals surface area contributed by atoms with Gasteiger partial charge in [-0.1, -0.05) is 13.8 Å². The van der Waals surface area contributed by atoms with E-state index in [1.165, 1.54) is 0 Å². The van der Waals surface area contributed by atoms with Crippen molar-refractivity contribution in [2.75, 3.05) is 19.0 Å². The molecule has 1 heterocycles. The van der Waals surface area contributed by atoms with Gasteiger partial charge in [0.25, 0.3) is 11.8 Å². The highest BCUT2D eigenvalue weighted by Gasteiger charge is 2.17. The Morgan fingerprint density at radius 2 is 1.79 bits per heavy atom. The van der Waals surface area contributed by atoms with Gasteiger partial charge in [-0.15, -0.1) is 0 Å². The summed E-state index contributed by atoms with van der Waals surface area (Å²) in [5, 5.41) is 9.63. The van der Waals surface area contributed by atoms with Crippen LogP contribution in [0.5, 0.6) is 0 Å². The predicted molar refractivity (Wildman–Crippen MR) is 110 cm³/mol. The zero-order chi connectivity index (χ0) is 21.6. The first kappa shape index (κ1) is 22.1. The number of carbonyl (C=O) groups excluding carboxylic acids is 3. The van der Waals surface area contributed by atoms with Crippen LogP contribution < -0.4 is 10.6 Å². The second kappa shape index (κ2) is 9.86. The highest BCUT2D eigenvalue weighted by atomic mass is 16.5. The number of aromatic nitrogens is 2. The summed E-state index contributed by atoms with van der Waals surface area (Å²) in [7, 11) is 1.55. The Labute approximate surface area is 170 Å². The molecule has 0 fully saturated rings. The van der Waals surface area contributed by atoms with Crippen LogP contribution in [0.15, 0.2) is 24.3 Å². The molecule has 0 aliphatic rings. The molecular formula is C21H28N4O4. The molecule has 0 aliphatic carbocycles. The molecule has 0 spiro atoms. The highest BCUT2D eigenvalue weighted by Crippen LogP contribution is 2.16. The molecule has 0 bridgehead atoms. The first-order valence-electron chi connectivity index (χ1n) is 9.51. The molecule has 2 N–H and O–H groups in total. The Balaban J connectivity index is 1.87. The third-order valence-corrected chi connectivity index (χ3v) is 4.41. The van der Waals surface area contributed by atoms with Gasteiger partial charge in [0, 0.05) is 36.1 Å². The maximum atomic E-state index is 12.2. The van der Waals surface area contributed by atoms with Gasteiger partial charge in [0.15, 0.2) is 6.61 Å². The Hall–Kier alpha value is -3.16. The van der Waals surface area contributed by atoms with E-state index < -0.39 is 11.9 Å². The number of ether oxygens (including phenoxy) is 1. The number of amides is 2. The molecular weight excluding hydrogens is 372 g/mol. The molecule has 0 aliphatic heterocycles. The van der Waals surface area contributed by atoms with Crippen molar-refractivity contribution in [3.05, 3.63) is 46.8 Å².